The third-order valence-electron chi connectivity index (χ3n) is 3.90. The van der Waals surface area contributed by atoms with Gasteiger partial charge in [-0.1, -0.05) is 58.0 Å². The third kappa shape index (κ3) is 3.67. The molecule has 2 aliphatic carbocycles. The highest BCUT2D eigenvalue weighted by Crippen LogP contribution is 2.44. The van der Waals surface area contributed by atoms with Gasteiger partial charge in [0.15, 0.2) is 0 Å². The van der Waals surface area contributed by atoms with E-state index < -0.39 is 22.8 Å². The van der Waals surface area contributed by atoms with Crippen molar-refractivity contribution in [1.82, 2.24) is 0 Å². The summed E-state index contributed by atoms with van der Waals surface area (Å²) in [5, 5.41) is 18.3. The predicted molar refractivity (Wildman–Crippen MR) is 90.3 cm³/mol. The van der Waals surface area contributed by atoms with E-state index in [0.717, 1.165) is 9.81 Å². The lowest BCUT2D eigenvalue weighted by Gasteiger charge is -2.24. The van der Waals surface area contributed by atoms with Gasteiger partial charge in [0.2, 0.25) is 0 Å². The first kappa shape index (κ1) is 17.0. The second-order valence-corrected chi connectivity index (χ2v) is 8.18. The lowest BCUT2D eigenvalue weighted by atomic mass is 9.84. The molecule has 2 aliphatic rings. The van der Waals surface area contributed by atoms with Crippen molar-refractivity contribution in [1.29, 1.82) is 0 Å². The Balaban J connectivity index is 1.89. The summed E-state index contributed by atoms with van der Waals surface area (Å²) >= 11 is 0. The van der Waals surface area contributed by atoms with Gasteiger partial charge in [-0.15, -0.1) is 0 Å². The SMILES string of the molecule is C[C@@]1(C(=O)O)C=CC(SSC2=CC[C@](C)(C(=O)O)C=C2)=CC1. The van der Waals surface area contributed by atoms with Crippen LogP contribution in [0, 0.1) is 10.8 Å². The molecular weight excluding hydrogens is 320 g/mol. The van der Waals surface area contributed by atoms with Crippen molar-refractivity contribution in [2.24, 2.45) is 10.8 Å². The average molecular weight is 338 g/mol. The second-order valence-electron chi connectivity index (χ2n) is 5.90. The molecule has 118 valence electrons. The first-order valence-electron chi connectivity index (χ1n) is 6.85. The van der Waals surface area contributed by atoms with Gasteiger partial charge < -0.3 is 10.2 Å². The summed E-state index contributed by atoms with van der Waals surface area (Å²) in [7, 11) is 3.11. The van der Waals surface area contributed by atoms with Crippen LogP contribution >= 0.6 is 21.6 Å². The molecule has 2 atom stereocenters. The molecule has 0 saturated heterocycles. The first-order chi connectivity index (χ1) is 10.3. The maximum Gasteiger partial charge on any atom is 0.313 e. The second kappa shape index (κ2) is 6.38. The molecule has 22 heavy (non-hydrogen) atoms. The van der Waals surface area contributed by atoms with Crippen LogP contribution in [0.15, 0.2) is 46.3 Å². The van der Waals surface area contributed by atoms with Gasteiger partial charge in [0.1, 0.15) is 0 Å². The average Bonchev–Trinajstić information content (AvgIpc) is 2.48. The first-order valence-corrected chi connectivity index (χ1v) is 9.00. The third-order valence-corrected chi connectivity index (χ3v) is 6.38. The van der Waals surface area contributed by atoms with E-state index in [1.54, 1.807) is 47.6 Å². The molecule has 0 spiro atoms. The van der Waals surface area contributed by atoms with E-state index in [4.69, 9.17) is 10.2 Å². The molecule has 6 heteroatoms. The van der Waals surface area contributed by atoms with Gasteiger partial charge in [0.05, 0.1) is 10.8 Å². The highest BCUT2D eigenvalue weighted by Gasteiger charge is 2.32. The van der Waals surface area contributed by atoms with Crippen molar-refractivity contribution in [2.75, 3.05) is 0 Å². The van der Waals surface area contributed by atoms with E-state index >= 15 is 0 Å². The summed E-state index contributed by atoms with van der Waals surface area (Å²) in [5.41, 5.74) is -1.63. The normalized spacial score (nSPS) is 30.6. The molecule has 4 nitrogen and oxygen atoms in total. The summed E-state index contributed by atoms with van der Waals surface area (Å²) in [6.45, 7) is 3.41. The molecule has 0 amide bonds. The van der Waals surface area contributed by atoms with E-state index in [9.17, 15) is 9.59 Å². The molecule has 0 aliphatic heterocycles. The molecule has 0 aromatic heterocycles. The molecule has 0 heterocycles. The summed E-state index contributed by atoms with van der Waals surface area (Å²) < 4.78 is 0. The zero-order valence-electron chi connectivity index (χ0n) is 12.4. The lowest BCUT2D eigenvalue weighted by molar-refractivity contribution is -0.145. The van der Waals surface area contributed by atoms with Gasteiger partial charge in [-0.2, -0.15) is 0 Å². The molecule has 0 bridgehead atoms. The number of hydrogen-bond acceptors (Lipinski definition) is 4. The number of hydrogen-bond donors (Lipinski definition) is 2. The van der Waals surface area contributed by atoms with E-state index in [-0.39, 0.29) is 0 Å². The van der Waals surface area contributed by atoms with Crippen LogP contribution in [0.1, 0.15) is 26.7 Å². The van der Waals surface area contributed by atoms with Crippen molar-refractivity contribution in [3.63, 3.8) is 0 Å². The number of aliphatic carboxylic acids is 2. The number of carbonyl (C=O) groups is 2. The quantitative estimate of drug-likeness (QED) is 0.731. The topological polar surface area (TPSA) is 74.6 Å². The fourth-order valence-electron chi connectivity index (χ4n) is 1.97. The number of rotatable bonds is 5. The molecule has 0 aromatic rings. The monoisotopic (exact) mass is 338 g/mol. The lowest BCUT2D eigenvalue weighted by Crippen LogP contribution is -2.25. The van der Waals surface area contributed by atoms with E-state index in [1.807, 2.05) is 24.3 Å². The summed E-state index contributed by atoms with van der Waals surface area (Å²) in [6, 6.07) is 0. The Labute approximate surface area is 137 Å². The molecule has 2 rings (SSSR count). The number of carboxylic acid groups (broad SMARTS) is 2. The number of carboxylic acids is 2. The van der Waals surface area contributed by atoms with Crippen LogP contribution in [0.2, 0.25) is 0 Å². The number of allylic oxidation sites excluding steroid dienone is 4. The molecule has 2 N–H and O–H groups in total. The van der Waals surface area contributed by atoms with Crippen molar-refractivity contribution in [3.8, 4) is 0 Å². The van der Waals surface area contributed by atoms with Gasteiger partial charge in [0, 0.05) is 9.81 Å². The minimum absolute atomic E-state index is 0.480. The zero-order valence-corrected chi connectivity index (χ0v) is 14.0. The largest absolute Gasteiger partial charge is 0.481 e. The molecule has 0 saturated carbocycles. The Morgan fingerprint density at radius 1 is 0.909 bits per heavy atom. The predicted octanol–water partition coefficient (Wildman–Crippen LogP) is 4.24. The van der Waals surface area contributed by atoms with Crippen LogP contribution in [-0.4, -0.2) is 22.2 Å². The summed E-state index contributed by atoms with van der Waals surface area (Å²) in [4.78, 5) is 24.3. The standard InChI is InChI=1S/C16H18O4S2/c1-15(13(17)18)7-3-11(4-8-15)21-22-12-5-9-16(2,10-6-12)14(19)20/h3-7,9H,8,10H2,1-2H3,(H,17,18)(H,19,20)/t15-,16-/m1/s1. The highest BCUT2D eigenvalue weighted by molar-refractivity contribution is 8.79. The molecule has 0 radical (unpaired) electrons. The van der Waals surface area contributed by atoms with Gasteiger partial charge in [-0.05, 0) is 26.7 Å². The highest BCUT2D eigenvalue weighted by atomic mass is 33.1. The van der Waals surface area contributed by atoms with Gasteiger partial charge >= 0.3 is 11.9 Å². The summed E-state index contributed by atoms with van der Waals surface area (Å²) in [6.07, 6.45) is 11.9. The fraction of sp³-hybridized carbons (Fsp3) is 0.375. The van der Waals surface area contributed by atoms with Crippen molar-refractivity contribution < 1.29 is 19.8 Å². The Morgan fingerprint density at radius 2 is 1.27 bits per heavy atom. The minimum Gasteiger partial charge on any atom is -0.481 e. The molecule has 0 fully saturated rings. The van der Waals surface area contributed by atoms with E-state index in [0.29, 0.717) is 12.8 Å². The van der Waals surface area contributed by atoms with Gasteiger partial charge in [0.25, 0.3) is 0 Å². The Hall–Kier alpha value is -1.40. The van der Waals surface area contributed by atoms with Gasteiger partial charge in [-0.3, -0.25) is 9.59 Å². The van der Waals surface area contributed by atoms with Crippen molar-refractivity contribution in [2.45, 2.75) is 26.7 Å². The molecule has 0 unspecified atom stereocenters. The summed E-state index contributed by atoms with van der Waals surface area (Å²) in [5.74, 6) is -1.63. The smallest absolute Gasteiger partial charge is 0.313 e. The Bertz CT molecular complexity index is 564. The van der Waals surface area contributed by atoms with Crippen LogP contribution in [0.4, 0.5) is 0 Å². The maximum absolute atomic E-state index is 11.1. The Morgan fingerprint density at radius 3 is 1.50 bits per heavy atom. The van der Waals surface area contributed by atoms with E-state index in [2.05, 4.69) is 0 Å². The Kier molecular flexibility index (Phi) is 4.92. The maximum atomic E-state index is 11.1. The van der Waals surface area contributed by atoms with Gasteiger partial charge in [-0.25, -0.2) is 0 Å². The molecule has 0 aromatic carbocycles. The van der Waals surface area contributed by atoms with Crippen LogP contribution in [0.3, 0.4) is 0 Å². The molecular formula is C16H18O4S2. The van der Waals surface area contributed by atoms with Crippen LogP contribution in [0.25, 0.3) is 0 Å². The fourth-order valence-corrected chi connectivity index (χ4v) is 4.03. The van der Waals surface area contributed by atoms with E-state index in [1.165, 1.54) is 0 Å². The van der Waals surface area contributed by atoms with Crippen molar-refractivity contribution >= 4 is 33.5 Å². The zero-order chi connectivity index (χ0) is 16.4. The van der Waals surface area contributed by atoms with Crippen molar-refractivity contribution in [3.05, 3.63) is 46.3 Å². The van der Waals surface area contributed by atoms with Crippen LogP contribution in [0.5, 0.6) is 0 Å². The van der Waals surface area contributed by atoms with Crippen LogP contribution < -0.4 is 0 Å². The minimum atomic E-state index is -0.817. The van der Waals surface area contributed by atoms with Crippen LogP contribution in [-0.2, 0) is 9.59 Å².